The van der Waals surface area contributed by atoms with Gasteiger partial charge >= 0.3 is 0 Å². The van der Waals surface area contributed by atoms with Crippen LogP contribution >= 0.6 is 8.46 Å². The molecule has 0 saturated heterocycles. The van der Waals surface area contributed by atoms with Crippen LogP contribution in [0.2, 0.25) is 0 Å². The Morgan fingerprint density at radius 3 is 2.67 bits per heavy atom. The molecule has 0 aromatic rings. The Morgan fingerprint density at radius 2 is 2.50 bits per heavy atom. The van der Waals surface area contributed by atoms with Gasteiger partial charge in [-0.2, -0.15) is 0 Å². The van der Waals surface area contributed by atoms with Crippen molar-refractivity contribution < 1.29 is 4.57 Å². The molecule has 6 heavy (non-hydrogen) atoms. The molecule has 1 N–H and O–H groups in total. The summed E-state index contributed by atoms with van der Waals surface area (Å²) in [6.07, 6.45) is 0.719. The molecule has 0 aromatic heterocycles. The van der Waals surface area contributed by atoms with E-state index in [4.69, 9.17) is 0 Å². The predicted molar refractivity (Wildman–Crippen MR) is 26.4 cm³/mol. The molecule has 0 aliphatic rings. The smallest absolute Gasteiger partial charge is 0.156 e. The van der Waals surface area contributed by atoms with E-state index in [9.17, 15) is 4.57 Å². The van der Waals surface area contributed by atoms with E-state index in [-0.39, 0.29) is 8.46 Å². The molecule has 0 radical (unpaired) electrons. The third-order valence-corrected chi connectivity index (χ3v) is 0.859. The highest BCUT2D eigenvalue weighted by molar-refractivity contribution is 7.23. The summed E-state index contributed by atoms with van der Waals surface area (Å²) in [5.74, 6) is 0. The maximum atomic E-state index is 9.62. The van der Waals surface area contributed by atoms with Gasteiger partial charge in [-0.05, 0) is 7.05 Å². The van der Waals surface area contributed by atoms with E-state index < -0.39 is 0 Å². The first-order valence-electron chi connectivity index (χ1n) is 1.85. The molecule has 2 nitrogen and oxygen atoms in total. The summed E-state index contributed by atoms with van der Waals surface area (Å²) in [6, 6.07) is 0. The van der Waals surface area contributed by atoms with Crippen LogP contribution in [0.4, 0.5) is 0 Å². The average molecular weight is 105 g/mol. The van der Waals surface area contributed by atoms with Crippen LogP contribution in [-0.2, 0) is 4.57 Å². The molecular weight excluding hydrogens is 97.0 g/mol. The maximum Gasteiger partial charge on any atom is 0.156 e. The normalized spacial score (nSPS) is 9.50. The van der Waals surface area contributed by atoms with Gasteiger partial charge in [0, 0.05) is 12.7 Å². The van der Waals surface area contributed by atoms with Crippen LogP contribution in [0.25, 0.3) is 0 Å². The van der Waals surface area contributed by atoms with Crippen LogP contribution in [0.3, 0.4) is 0 Å². The van der Waals surface area contributed by atoms with Gasteiger partial charge in [0.2, 0.25) is 0 Å². The molecule has 0 aliphatic heterocycles. The lowest BCUT2D eigenvalue weighted by Gasteiger charge is -1.83. The summed E-state index contributed by atoms with van der Waals surface area (Å²) in [5.41, 5.74) is 0. The van der Waals surface area contributed by atoms with Crippen molar-refractivity contribution in [3.8, 4) is 0 Å². The molecule has 36 valence electrons. The van der Waals surface area contributed by atoms with Crippen molar-refractivity contribution in [1.82, 2.24) is 5.32 Å². The fraction of sp³-hybridized carbons (Fsp3) is 1.00. The zero-order chi connectivity index (χ0) is 4.83. The van der Waals surface area contributed by atoms with Crippen molar-refractivity contribution in [2.24, 2.45) is 0 Å². The van der Waals surface area contributed by atoms with E-state index >= 15 is 0 Å². The molecule has 3 heteroatoms. The van der Waals surface area contributed by atoms with Crippen LogP contribution in [0, 0.1) is 0 Å². The molecule has 0 bridgehead atoms. The Bertz CT molecular complexity index is 39.8. The molecule has 0 aliphatic carbocycles. The molecular formula is C3H8NOP. The topological polar surface area (TPSA) is 29.1 Å². The van der Waals surface area contributed by atoms with Crippen molar-refractivity contribution in [3.63, 3.8) is 0 Å². The summed E-state index contributed by atoms with van der Waals surface area (Å²) >= 11 is 0. The first kappa shape index (κ1) is 6.06. The summed E-state index contributed by atoms with van der Waals surface area (Å²) in [7, 11) is 2.07. The summed E-state index contributed by atoms with van der Waals surface area (Å²) in [4.78, 5) is 0. The summed E-state index contributed by atoms with van der Waals surface area (Å²) in [6.45, 7) is 0.838. The SMILES string of the molecule is CNCCP=O. The second-order valence-electron chi connectivity index (χ2n) is 0.956. The van der Waals surface area contributed by atoms with Crippen LogP contribution in [0.1, 0.15) is 0 Å². The van der Waals surface area contributed by atoms with E-state index in [1.807, 2.05) is 7.05 Å². The summed E-state index contributed by atoms with van der Waals surface area (Å²) < 4.78 is 9.62. The Balaban J connectivity index is 2.49. The van der Waals surface area contributed by atoms with Gasteiger partial charge < -0.3 is 5.32 Å². The second kappa shape index (κ2) is 5.06. The van der Waals surface area contributed by atoms with Gasteiger partial charge in [-0.15, -0.1) is 0 Å². The molecule has 0 unspecified atom stereocenters. The first-order chi connectivity index (χ1) is 2.91. The van der Waals surface area contributed by atoms with Gasteiger partial charge in [0.25, 0.3) is 0 Å². The molecule has 0 atom stereocenters. The highest BCUT2D eigenvalue weighted by Crippen LogP contribution is 1.84. The number of rotatable bonds is 3. The second-order valence-corrected chi connectivity index (χ2v) is 1.66. The molecule has 0 amide bonds. The lowest BCUT2D eigenvalue weighted by Crippen LogP contribution is -2.07. The van der Waals surface area contributed by atoms with Gasteiger partial charge in [0.15, 0.2) is 8.46 Å². The van der Waals surface area contributed by atoms with E-state index in [2.05, 4.69) is 5.32 Å². The van der Waals surface area contributed by atoms with Gasteiger partial charge in [-0.25, -0.2) is 0 Å². The Kier molecular flexibility index (Phi) is 5.11. The number of hydrogen-bond donors (Lipinski definition) is 1. The quantitative estimate of drug-likeness (QED) is 0.418. The van der Waals surface area contributed by atoms with Gasteiger partial charge in [-0.1, -0.05) is 0 Å². The van der Waals surface area contributed by atoms with Gasteiger partial charge in [-0.3, -0.25) is 4.57 Å². The third-order valence-electron chi connectivity index (χ3n) is 0.453. The minimum Gasteiger partial charge on any atom is -0.319 e. The Morgan fingerprint density at radius 1 is 1.83 bits per heavy atom. The monoisotopic (exact) mass is 105 g/mol. The average Bonchev–Trinajstić information content (AvgIpc) is 1.61. The third kappa shape index (κ3) is 4.06. The molecule has 0 rings (SSSR count). The van der Waals surface area contributed by atoms with Crippen molar-refractivity contribution in [2.45, 2.75) is 0 Å². The fourth-order valence-electron chi connectivity index (χ4n) is 0.157. The van der Waals surface area contributed by atoms with E-state index in [1.165, 1.54) is 0 Å². The Labute approximate surface area is 39.1 Å². The minimum atomic E-state index is 0.233. The van der Waals surface area contributed by atoms with Gasteiger partial charge in [0.1, 0.15) is 0 Å². The van der Waals surface area contributed by atoms with Crippen molar-refractivity contribution in [2.75, 3.05) is 19.8 Å². The first-order valence-corrected chi connectivity index (χ1v) is 2.85. The predicted octanol–water partition coefficient (Wildman–Crippen LogP) is 0.497. The molecule has 0 spiro atoms. The van der Waals surface area contributed by atoms with E-state index in [0.717, 1.165) is 12.7 Å². The van der Waals surface area contributed by atoms with Crippen LogP contribution in [0.5, 0.6) is 0 Å². The van der Waals surface area contributed by atoms with Crippen LogP contribution in [0.15, 0.2) is 0 Å². The largest absolute Gasteiger partial charge is 0.319 e. The lowest BCUT2D eigenvalue weighted by atomic mass is 10.8. The van der Waals surface area contributed by atoms with Crippen LogP contribution < -0.4 is 5.32 Å². The Hall–Kier alpha value is 0.0600. The van der Waals surface area contributed by atoms with Crippen LogP contribution in [-0.4, -0.2) is 19.8 Å². The molecule has 0 aromatic carbocycles. The molecule has 0 fully saturated rings. The van der Waals surface area contributed by atoms with E-state index in [1.54, 1.807) is 0 Å². The molecule has 0 saturated carbocycles. The number of nitrogens with one attached hydrogen (secondary N) is 1. The fourth-order valence-corrected chi connectivity index (χ4v) is 0.472. The van der Waals surface area contributed by atoms with Crippen molar-refractivity contribution in [1.29, 1.82) is 0 Å². The lowest BCUT2D eigenvalue weighted by molar-refractivity contribution is 0.597. The summed E-state index contributed by atoms with van der Waals surface area (Å²) in [5, 5.41) is 2.86. The standard InChI is InChI=1S/C3H8NOP/c1-4-2-3-6-5/h4H,2-3H2,1H3. The zero-order valence-electron chi connectivity index (χ0n) is 3.77. The molecule has 0 heterocycles. The highest BCUT2D eigenvalue weighted by atomic mass is 31.1. The van der Waals surface area contributed by atoms with Crippen molar-refractivity contribution in [3.05, 3.63) is 0 Å². The van der Waals surface area contributed by atoms with Crippen molar-refractivity contribution >= 4 is 8.46 Å². The van der Waals surface area contributed by atoms with E-state index in [0.29, 0.717) is 0 Å². The zero-order valence-corrected chi connectivity index (χ0v) is 4.66. The highest BCUT2D eigenvalue weighted by Gasteiger charge is 1.74. The minimum absolute atomic E-state index is 0.233. The number of hydrogen-bond acceptors (Lipinski definition) is 2. The van der Waals surface area contributed by atoms with Gasteiger partial charge in [0.05, 0.1) is 0 Å². The maximum absolute atomic E-state index is 9.62.